The monoisotopic (exact) mass is 336 g/mol. The van der Waals surface area contributed by atoms with E-state index in [4.69, 9.17) is 0 Å². The number of thioether (sulfide) groups is 1. The van der Waals surface area contributed by atoms with Gasteiger partial charge in [-0.3, -0.25) is 4.79 Å². The van der Waals surface area contributed by atoms with Crippen molar-refractivity contribution < 1.29 is 18.3 Å². The molecule has 1 aliphatic rings. The number of sulfonamides is 1. The van der Waals surface area contributed by atoms with Gasteiger partial charge >= 0.3 is 5.97 Å². The van der Waals surface area contributed by atoms with Crippen LogP contribution in [0.1, 0.15) is 18.9 Å². The van der Waals surface area contributed by atoms with Crippen LogP contribution in [-0.4, -0.2) is 46.0 Å². The number of carboxylic acids is 1. The molecule has 0 spiro atoms. The predicted octanol–water partition coefficient (Wildman–Crippen LogP) is 1.62. The van der Waals surface area contributed by atoms with Gasteiger partial charge in [0.1, 0.15) is 6.04 Å². The Morgan fingerprint density at radius 2 is 2.20 bits per heavy atom. The summed E-state index contributed by atoms with van der Waals surface area (Å²) >= 11 is 2.44. The molecule has 1 N–H and O–H groups in total. The van der Waals surface area contributed by atoms with Crippen LogP contribution in [0.25, 0.3) is 0 Å². The first-order chi connectivity index (χ1) is 9.25. The molecule has 0 aliphatic carbocycles. The van der Waals surface area contributed by atoms with Crippen LogP contribution in [0.15, 0.2) is 10.4 Å². The Kier molecular flexibility index (Phi) is 4.43. The molecule has 0 aromatic carbocycles. The minimum absolute atomic E-state index is 0.0353. The average Bonchev–Trinajstić information content (AvgIpc) is 2.94. The average molecular weight is 336 g/mol. The van der Waals surface area contributed by atoms with Gasteiger partial charge in [-0.15, -0.1) is 23.1 Å². The zero-order chi connectivity index (χ0) is 15.1. The number of nitrogens with zero attached hydrogens (tertiary/aromatic N) is 2. The molecular formula is C11H16N2O4S3. The molecule has 0 amide bonds. The summed E-state index contributed by atoms with van der Waals surface area (Å²) in [6.45, 7) is 5.50. The number of carboxylic acid groups (broad SMARTS) is 1. The molecule has 6 nitrogen and oxygen atoms in total. The lowest BCUT2D eigenvalue weighted by molar-refractivity contribution is -0.140. The van der Waals surface area contributed by atoms with Crippen LogP contribution >= 0.6 is 23.1 Å². The molecule has 1 aromatic rings. The van der Waals surface area contributed by atoms with Gasteiger partial charge in [0.05, 0.1) is 16.6 Å². The molecule has 2 atom stereocenters. The van der Waals surface area contributed by atoms with E-state index in [-0.39, 0.29) is 21.3 Å². The smallest absolute Gasteiger partial charge is 0.322 e. The Balaban J connectivity index is 2.46. The number of aromatic nitrogens is 1. The van der Waals surface area contributed by atoms with Crippen LogP contribution in [-0.2, 0) is 14.8 Å². The second kappa shape index (κ2) is 5.63. The third kappa shape index (κ3) is 2.72. The molecule has 9 heteroatoms. The lowest BCUT2D eigenvalue weighted by Gasteiger charge is -2.27. The highest BCUT2D eigenvalue weighted by atomic mass is 32.2. The maximum absolute atomic E-state index is 12.7. The summed E-state index contributed by atoms with van der Waals surface area (Å²) in [5.74, 6) is -0.798. The molecule has 1 saturated heterocycles. The van der Waals surface area contributed by atoms with Crippen LogP contribution in [0.5, 0.6) is 0 Å². The fraction of sp³-hybridized carbons (Fsp3) is 0.636. The van der Waals surface area contributed by atoms with Crippen molar-refractivity contribution in [2.45, 2.75) is 36.4 Å². The molecule has 0 bridgehead atoms. The van der Waals surface area contributed by atoms with Crippen LogP contribution in [0.3, 0.4) is 0 Å². The van der Waals surface area contributed by atoms with Crippen molar-refractivity contribution in [3.05, 3.63) is 11.2 Å². The van der Waals surface area contributed by atoms with Crippen molar-refractivity contribution in [1.82, 2.24) is 9.29 Å². The Hall–Kier alpha value is -0.640. The van der Waals surface area contributed by atoms with Crippen LogP contribution in [0.4, 0.5) is 0 Å². The van der Waals surface area contributed by atoms with E-state index in [0.29, 0.717) is 5.01 Å². The highest BCUT2D eigenvalue weighted by molar-refractivity contribution is 8.01. The third-order valence-corrected chi connectivity index (χ3v) is 7.96. The van der Waals surface area contributed by atoms with Crippen LogP contribution in [0.2, 0.25) is 0 Å². The highest BCUT2D eigenvalue weighted by Crippen LogP contribution is 2.39. The summed E-state index contributed by atoms with van der Waals surface area (Å²) in [5, 5.41) is 9.55. The van der Waals surface area contributed by atoms with E-state index in [0.717, 1.165) is 15.6 Å². The first-order valence-electron chi connectivity index (χ1n) is 6.05. The Morgan fingerprint density at radius 3 is 2.65 bits per heavy atom. The van der Waals surface area contributed by atoms with E-state index in [1.807, 2.05) is 13.8 Å². The Labute approximate surface area is 126 Å². The molecule has 1 aliphatic heterocycles. The van der Waals surface area contributed by atoms with Gasteiger partial charge in [0.2, 0.25) is 0 Å². The molecule has 2 heterocycles. The van der Waals surface area contributed by atoms with Crippen molar-refractivity contribution in [2.24, 2.45) is 5.92 Å². The summed E-state index contributed by atoms with van der Waals surface area (Å²) in [5.41, 5.74) is 0. The van der Waals surface area contributed by atoms with Gasteiger partial charge in [0, 0.05) is 5.75 Å². The quantitative estimate of drug-likeness (QED) is 0.899. The van der Waals surface area contributed by atoms with Gasteiger partial charge in [-0.1, -0.05) is 13.8 Å². The van der Waals surface area contributed by atoms with Crippen molar-refractivity contribution >= 4 is 39.1 Å². The molecule has 1 aromatic heterocycles. The topological polar surface area (TPSA) is 87.6 Å². The number of aliphatic carboxylic acids is 1. The Bertz CT molecular complexity index is 611. The van der Waals surface area contributed by atoms with E-state index >= 15 is 0 Å². The second-order valence-corrected chi connectivity index (χ2v) is 9.31. The summed E-state index contributed by atoms with van der Waals surface area (Å²) in [6, 6.07) is -1.01. The fourth-order valence-electron chi connectivity index (χ4n) is 2.05. The summed E-state index contributed by atoms with van der Waals surface area (Å²) in [7, 11) is -3.82. The van der Waals surface area contributed by atoms with Gasteiger partial charge in [-0.2, -0.15) is 4.31 Å². The van der Waals surface area contributed by atoms with Gasteiger partial charge in [-0.05, 0) is 12.8 Å². The normalized spacial score (nSPS) is 24.4. The van der Waals surface area contributed by atoms with E-state index in [9.17, 15) is 18.3 Å². The third-order valence-electron chi connectivity index (χ3n) is 2.97. The van der Waals surface area contributed by atoms with Crippen molar-refractivity contribution in [3.8, 4) is 0 Å². The first kappa shape index (κ1) is 15.7. The lowest BCUT2D eigenvalue weighted by Crippen LogP contribution is -2.46. The van der Waals surface area contributed by atoms with Gasteiger partial charge < -0.3 is 5.11 Å². The van der Waals surface area contributed by atoms with Crippen LogP contribution in [0, 0.1) is 12.8 Å². The number of thiazole rings is 1. The largest absolute Gasteiger partial charge is 0.480 e. The Morgan fingerprint density at radius 1 is 1.55 bits per heavy atom. The number of aryl methyl sites for hydroxylation is 1. The molecule has 0 saturated carbocycles. The van der Waals surface area contributed by atoms with Crippen LogP contribution < -0.4 is 0 Å². The molecule has 0 radical (unpaired) electrons. The number of hydrogen-bond donors (Lipinski definition) is 1. The second-order valence-electron chi connectivity index (χ2n) is 4.86. The predicted molar refractivity (Wildman–Crippen MR) is 78.4 cm³/mol. The lowest BCUT2D eigenvalue weighted by atomic mass is 10.2. The summed E-state index contributed by atoms with van der Waals surface area (Å²) in [4.78, 5) is 15.3. The van der Waals surface area contributed by atoms with Crippen molar-refractivity contribution in [2.75, 3.05) is 5.75 Å². The molecule has 20 heavy (non-hydrogen) atoms. The molecule has 1 fully saturated rings. The van der Waals surface area contributed by atoms with E-state index in [2.05, 4.69) is 4.98 Å². The standard InChI is InChI=1S/C11H16N2O4S3/c1-6(2)10-13(8(5-18-10)11(14)15)20(16,17)9-4-12-7(3)19-9/h4,6,8,10H,5H2,1-3H3,(H,14,15). The van der Waals surface area contributed by atoms with E-state index < -0.39 is 22.0 Å². The van der Waals surface area contributed by atoms with Gasteiger partial charge in [0.25, 0.3) is 10.0 Å². The zero-order valence-corrected chi connectivity index (χ0v) is 13.8. The van der Waals surface area contributed by atoms with Gasteiger partial charge in [0.15, 0.2) is 4.21 Å². The number of rotatable bonds is 4. The first-order valence-corrected chi connectivity index (χ1v) is 9.36. The SMILES string of the molecule is Cc1ncc(S(=O)(=O)N2C(C(=O)O)CSC2C(C)C)s1. The number of carbonyl (C=O) groups is 1. The summed E-state index contributed by atoms with van der Waals surface area (Å²) in [6.07, 6.45) is 1.30. The van der Waals surface area contributed by atoms with Gasteiger partial charge in [-0.25, -0.2) is 13.4 Å². The van der Waals surface area contributed by atoms with Crippen molar-refractivity contribution in [1.29, 1.82) is 0 Å². The molecule has 2 unspecified atom stereocenters. The maximum atomic E-state index is 12.7. The summed E-state index contributed by atoms with van der Waals surface area (Å²) < 4.78 is 26.6. The molecular weight excluding hydrogens is 320 g/mol. The minimum Gasteiger partial charge on any atom is -0.480 e. The molecule has 2 rings (SSSR count). The van der Waals surface area contributed by atoms with E-state index in [1.54, 1.807) is 6.92 Å². The highest BCUT2D eigenvalue weighted by Gasteiger charge is 2.47. The zero-order valence-electron chi connectivity index (χ0n) is 11.3. The van der Waals surface area contributed by atoms with Crippen molar-refractivity contribution in [3.63, 3.8) is 0 Å². The maximum Gasteiger partial charge on any atom is 0.322 e. The minimum atomic E-state index is -3.82. The number of hydrogen-bond acceptors (Lipinski definition) is 6. The molecule has 112 valence electrons. The van der Waals surface area contributed by atoms with E-state index in [1.165, 1.54) is 18.0 Å². The fourth-order valence-corrected chi connectivity index (χ4v) is 6.98.